The van der Waals surface area contributed by atoms with Gasteiger partial charge in [-0.25, -0.2) is 0 Å². The van der Waals surface area contributed by atoms with E-state index in [1.807, 2.05) is 19.1 Å². The van der Waals surface area contributed by atoms with Crippen molar-refractivity contribution in [3.8, 4) is 0 Å². The van der Waals surface area contributed by atoms with Gasteiger partial charge in [-0.15, -0.1) is 0 Å². The van der Waals surface area contributed by atoms with Gasteiger partial charge in [-0.3, -0.25) is 4.72 Å². The highest BCUT2D eigenvalue weighted by atomic mass is 79.9. The van der Waals surface area contributed by atoms with Crippen molar-refractivity contribution in [2.75, 3.05) is 11.3 Å². The molecule has 0 aliphatic carbocycles. The molecule has 100 valence electrons. The third kappa shape index (κ3) is 3.24. The quantitative estimate of drug-likeness (QED) is 0.924. The molecule has 1 heterocycles. The fourth-order valence-electron chi connectivity index (χ4n) is 2.15. The molecule has 1 fully saturated rings. The van der Waals surface area contributed by atoms with E-state index in [0.29, 0.717) is 12.2 Å². The molecule has 1 saturated heterocycles. The van der Waals surface area contributed by atoms with Crippen LogP contribution in [0.15, 0.2) is 28.7 Å². The molecule has 1 aliphatic heterocycles. The first-order chi connectivity index (χ1) is 8.49. The Morgan fingerprint density at radius 2 is 1.94 bits per heavy atom. The second-order valence-corrected chi connectivity index (χ2v) is 7.11. The Bertz CT molecular complexity index is 501. The van der Waals surface area contributed by atoms with E-state index in [0.717, 1.165) is 23.7 Å². The number of hydrogen-bond acceptors (Lipinski definition) is 2. The lowest BCUT2D eigenvalue weighted by Gasteiger charge is -2.32. The number of piperidine rings is 1. The van der Waals surface area contributed by atoms with Crippen LogP contribution in [0.3, 0.4) is 0 Å². The third-order valence-electron chi connectivity index (χ3n) is 3.14. The number of nitrogens with zero attached hydrogens (tertiary/aromatic N) is 1. The van der Waals surface area contributed by atoms with Gasteiger partial charge in [0.2, 0.25) is 0 Å². The number of halogens is 1. The normalized spacial score (nSPS) is 21.8. The average molecular weight is 333 g/mol. The zero-order chi connectivity index (χ0) is 13.2. The van der Waals surface area contributed by atoms with Crippen LogP contribution in [0.5, 0.6) is 0 Å². The minimum absolute atomic E-state index is 0.0756. The van der Waals surface area contributed by atoms with Crippen molar-refractivity contribution in [2.45, 2.75) is 32.2 Å². The van der Waals surface area contributed by atoms with E-state index >= 15 is 0 Å². The molecule has 1 unspecified atom stereocenters. The Labute approximate surface area is 117 Å². The lowest BCUT2D eigenvalue weighted by Crippen LogP contribution is -2.44. The lowest BCUT2D eigenvalue weighted by atomic mass is 10.1. The van der Waals surface area contributed by atoms with Gasteiger partial charge in [0.05, 0.1) is 0 Å². The van der Waals surface area contributed by atoms with Crippen molar-refractivity contribution >= 4 is 31.8 Å². The molecule has 0 bridgehead atoms. The van der Waals surface area contributed by atoms with E-state index in [9.17, 15) is 8.42 Å². The second kappa shape index (κ2) is 5.59. The standard InChI is InChI=1S/C12H17BrN2O2S/c1-10-4-2-3-9-15(10)18(16,17)14-12-7-5-11(13)6-8-12/h5-8,10,14H,2-4,9H2,1H3. The highest BCUT2D eigenvalue weighted by molar-refractivity contribution is 9.10. The molecule has 0 saturated carbocycles. The molecule has 0 amide bonds. The van der Waals surface area contributed by atoms with Gasteiger partial charge in [0, 0.05) is 22.7 Å². The number of hydrogen-bond donors (Lipinski definition) is 1. The van der Waals surface area contributed by atoms with E-state index in [1.165, 1.54) is 0 Å². The minimum atomic E-state index is -3.43. The summed E-state index contributed by atoms with van der Waals surface area (Å²) >= 11 is 3.32. The van der Waals surface area contributed by atoms with Gasteiger partial charge >= 0.3 is 10.2 Å². The molecule has 1 aromatic rings. The van der Waals surface area contributed by atoms with Crippen LogP contribution in [0.2, 0.25) is 0 Å². The fraction of sp³-hybridized carbons (Fsp3) is 0.500. The summed E-state index contributed by atoms with van der Waals surface area (Å²) in [4.78, 5) is 0. The molecule has 1 atom stereocenters. The maximum Gasteiger partial charge on any atom is 0.301 e. The number of benzene rings is 1. The van der Waals surface area contributed by atoms with Crippen LogP contribution in [-0.2, 0) is 10.2 Å². The molecule has 1 aliphatic rings. The topological polar surface area (TPSA) is 49.4 Å². The molecule has 0 spiro atoms. The van der Waals surface area contributed by atoms with Crippen molar-refractivity contribution in [1.29, 1.82) is 0 Å². The van der Waals surface area contributed by atoms with E-state index in [2.05, 4.69) is 20.7 Å². The summed E-state index contributed by atoms with van der Waals surface area (Å²) in [6.45, 7) is 2.56. The van der Waals surface area contributed by atoms with E-state index < -0.39 is 10.2 Å². The number of rotatable bonds is 3. The summed E-state index contributed by atoms with van der Waals surface area (Å²) in [6, 6.07) is 7.20. The number of anilines is 1. The number of nitrogens with one attached hydrogen (secondary N) is 1. The molecule has 2 rings (SSSR count). The third-order valence-corrected chi connectivity index (χ3v) is 5.32. The van der Waals surface area contributed by atoms with Gasteiger partial charge in [-0.2, -0.15) is 12.7 Å². The smallest absolute Gasteiger partial charge is 0.271 e. The second-order valence-electron chi connectivity index (χ2n) is 4.57. The Kier molecular flexibility index (Phi) is 4.29. The van der Waals surface area contributed by atoms with Crippen LogP contribution in [-0.4, -0.2) is 25.3 Å². The Hall–Kier alpha value is -0.590. The van der Waals surface area contributed by atoms with E-state index in [-0.39, 0.29) is 6.04 Å². The fourth-order valence-corrected chi connectivity index (χ4v) is 3.92. The molecular formula is C12H17BrN2O2S. The largest absolute Gasteiger partial charge is 0.301 e. The van der Waals surface area contributed by atoms with Crippen molar-refractivity contribution in [1.82, 2.24) is 4.31 Å². The maximum absolute atomic E-state index is 12.3. The molecule has 0 aromatic heterocycles. The van der Waals surface area contributed by atoms with Crippen LogP contribution < -0.4 is 4.72 Å². The van der Waals surface area contributed by atoms with Gasteiger partial charge < -0.3 is 0 Å². The summed E-state index contributed by atoms with van der Waals surface area (Å²) < 4.78 is 29.6. The highest BCUT2D eigenvalue weighted by Crippen LogP contribution is 2.22. The highest BCUT2D eigenvalue weighted by Gasteiger charge is 2.29. The van der Waals surface area contributed by atoms with Gasteiger partial charge in [0.25, 0.3) is 0 Å². The van der Waals surface area contributed by atoms with Crippen LogP contribution in [0.25, 0.3) is 0 Å². The van der Waals surface area contributed by atoms with Crippen molar-refractivity contribution in [3.05, 3.63) is 28.7 Å². The molecule has 1 aromatic carbocycles. The van der Waals surface area contributed by atoms with E-state index in [4.69, 9.17) is 0 Å². The van der Waals surface area contributed by atoms with Gasteiger partial charge in [-0.1, -0.05) is 22.4 Å². The zero-order valence-corrected chi connectivity index (χ0v) is 12.7. The Balaban J connectivity index is 2.13. The molecular weight excluding hydrogens is 316 g/mol. The first-order valence-corrected chi connectivity index (χ1v) is 8.27. The summed E-state index contributed by atoms with van der Waals surface area (Å²) in [7, 11) is -3.43. The first kappa shape index (κ1) is 13.8. The van der Waals surface area contributed by atoms with Gasteiger partial charge in [-0.05, 0) is 44.0 Å². The molecule has 6 heteroatoms. The maximum atomic E-state index is 12.3. The zero-order valence-electron chi connectivity index (χ0n) is 10.3. The molecule has 1 N–H and O–H groups in total. The van der Waals surface area contributed by atoms with Crippen molar-refractivity contribution < 1.29 is 8.42 Å². The van der Waals surface area contributed by atoms with Crippen LogP contribution in [0.4, 0.5) is 5.69 Å². The Morgan fingerprint density at radius 3 is 2.56 bits per heavy atom. The predicted octanol–water partition coefficient (Wildman–Crippen LogP) is 2.98. The first-order valence-electron chi connectivity index (χ1n) is 6.04. The minimum Gasteiger partial charge on any atom is -0.271 e. The van der Waals surface area contributed by atoms with E-state index in [1.54, 1.807) is 16.4 Å². The van der Waals surface area contributed by atoms with Gasteiger partial charge in [0.15, 0.2) is 0 Å². The predicted molar refractivity (Wildman–Crippen MR) is 76.7 cm³/mol. The summed E-state index contributed by atoms with van der Waals surface area (Å²) in [5.74, 6) is 0. The summed E-state index contributed by atoms with van der Waals surface area (Å²) in [6.07, 6.45) is 2.97. The summed E-state index contributed by atoms with van der Waals surface area (Å²) in [5, 5.41) is 0. The lowest BCUT2D eigenvalue weighted by molar-refractivity contribution is 0.270. The summed E-state index contributed by atoms with van der Waals surface area (Å²) in [5.41, 5.74) is 0.593. The molecule has 0 radical (unpaired) electrons. The monoisotopic (exact) mass is 332 g/mol. The van der Waals surface area contributed by atoms with Crippen molar-refractivity contribution in [3.63, 3.8) is 0 Å². The molecule has 18 heavy (non-hydrogen) atoms. The Morgan fingerprint density at radius 1 is 1.28 bits per heavy atom. The van der Waals surface area contributed by atoms with Crippen LogP contribution in [0.1, 0.15) is 26.2 Å². The van der Waals surface area contributed by atoms with Crippen molar-refractivity contribution in [2.24, 2.45) is 0 Å². The van der Waals surface area contributed by atoms with Crippen LogP contribution in [0, 0.1) is 0 Å². The van der Waals surface area contributed by atoms with Gasteiger partial charge in [0.1, 0.15) is 0 Å². The SMILES string of the molecule is CC1CCCCN1S(=O)(=O)Nc1ccc(Br)cc1. The van der Waals surface area contributed by atoms with Crippen LogP contribution >= 0.6 is 15.9 Å². The average Bonchev–Trinajstić information content (AvgIpc) is 2.32. The molecule has 4 nitrogen and oxygen atoms in total.